The molecule has 0 saturated carbocycles. The third-order valence-electron chi connectivity index (χ3n) is 3.32. The molecule has 1 N–H and O–H groups in total. The lowest BCUT2D eigenvalue weighted by atomic mass is 10.0. The van der Waals surface area contributed by atoms with Gasteiger partial charge in [0.15, 0.2) is 11.6 Å². The molecule has 3 aromatic rings. The highest BCUT2D eigenvalue weighted by Crippen LogP contribution is 2.19. The molecule has 0 bridgehead atoms. The van der Waals surface area contributed by atoms with Crippen LogP contribution in [0.25, 0.3) is 10.8 Å². The molecule has 0 spiro atoms. The Labute approximate surface area is 120 Å². The lowest BCUT2D eigenvalue weighted by Crippen LogP contribution is -2.08. The Balaban J connectivity index is 1.76. The number of aromatic nitrogens is 2. The Bertz CT molecular complexity index is 749. The summed E-state index contributed by atoms with van der Waals surface area (Å²) in [7, 11) is 0. The van der Waals surface area contributed by atoms with Gasteiger partial charge in [0.25, 0.3) is 0 Å². The van der Waals surface area contributed by atoms with Crippen LogP contribution in [-0.4, -0.2) is 16.5 Å². The van der Waals surface area contributed by atoms with Crippen molar-refractivity contribution in [1.29, 1.82) is 0 Å². The highest BCUT2D eigenvalue weighted by Gasteiger charge is 2.08. The molecule has 3 rings (SSSR count). The monoisotopic (exact) mass is 285 g/mol. The molecule has 0 atom stereocenters. The van der Waals surface area contributed by atoms with Crippen LogP contribution in [0.3, 0.4) is 0 Å². The summed E-state index contributed by atoms with van der Waals surface area (Å²) >= 11 is 0. The number of rotatable bonds is 4. The summed E-state index contributed by atoms with van der Waals surface area (Å²) in [5, 5.41) is 4.94. The zero-order chi connectivity index (χ0) is 14.7. The van der Waals surface area contributed by atoms with Crippen LogP contribution in [0.15, 0.2) is 49.1 Å². The number of halogens is 2. The van der Waals surface area contributed by atoms with Gasteiger partial charge < -0.3 is 5.32 Å². The van der Waals surface area contributed by atoms with Crippen LogP contribution < -0.4 is 5.32 Å². The standard InChI is InChI=1S/C16H13F2N3/c17-14-9-20-10-15(18)16(14)21-7-4-11-2-1-3-12-8-19-6-5-13(11)12/h1-3,5-6,8-10H,4,7H2,(H,20,21). The van der Waals surface area contributed by atoms with Crippen molar-refractivity contribution in [3.05, 3.63) is 66.3 Å². The summed E-state index contributed by atoms with van der Waals surface area (Å²) in [6.07, 6.45) is 6.18. The number of nitrogens with zero attached hydrogens (tertiary/aromatic N) is 2. The number of pyridine rings is 2. The maximum atomic E-state index is 13.5. The number of hydrogen-bond acceptors (Lipinski definition) is 3. The van der Waals surface area contributed by atoms with Crippen LogP contribution in [0.2, 0.25) is 0 Å². The fraction of sp³-hybridized carbons (Fsp3) is 0.125. The summed E-state index contributed by atoms with van der Waals surface area (Å²) in [5.74, 6) is -1.37. The molecular weight excluding hydrogens is 272 g/mol. The summed E-state index contributed by atoms with van der Waals surface area (Å²) < 4.78 is 26.9. The minimum Gasteiger partial charge on any atom is -0.380 e. The topological polar surface area (TPSA) is 37.8 Å². The number of benzene rings is 1. The molecule has 0 aliphatic carbocycles. The van der Waals surface area contributed by atoms with Gasteiger partial charge in [0, 0.05) is 24.3 Å². The first-order valence-electron chi connectivity index (χ1n) is 6.60. The van der Waals surface area contributed by atoms with Crippen LogP contribution >= 0.6 is 0 Å². The third kappa shape index (κ3) is 2.81. The average molecular weight is 285 g/mol. The molecule has 2 heterocycles. The van der Waals surface area contributed by atoms with Crippen LogP contribution in [0.5, 0.6) is 0 Å². The van der Waals surface area contributed by atoms with Gasteiger partial charge in [0.2, 0.25) is 0 Å². The van der Waals surface area contributed by atoms with Crippen molar-refractivity contribution in [2.75, 3.05) is 11.9 Å². The zero-order valence-electron chi connectivity index (χ0n) is 11.2. The molecule has 2 aromatic heterocycles. The quantitative estimate of drug-likeness (QED) is 0.796. The van der Waals surface area contributed by atoms with Crippen LogP contribution in [0, 0.1) is 11.6 Å². The zero-order valence-corrected chi connectivity index (χ0v) is 11.2. The molecule has 0 fully saturated rings. The molecule has 0 aliphatic heterocycles. The van der Waals surface area contributed by atoms with Gasteiger partial charge in [-0.2, -0.15) is 0 Å². The molecule has 0 unspecified atom stereocenters. The van der Waals surface area contributed by atoms with Gasteiger partial charge in [-0.05, 0) is 23.4 Å². The maximum absolute atomic E-state index is 13.5. The number of nitrogens with one attached hydrogen (secondary N) is 1. The van der Waals surface area contributed by atoms with E-state index < -0.39 is 11.6 Å². The maximum Gasteiger partial charge on any atom is 0.167 e. The molecule has 0 saturated heterocycles. The van der Waals surface area contributed by atoms with Gasteiger partial charge in [-0.1, -0.05) is 18.2 Å². The Morgan fingerprint density at radius 1 is 0.952 bits per heavy atom. The number of fused-ring (bicyclic) bond motifs is 1. The Kier molecular flexibility index (Phi) is 3.73. The predicted octanol–water partition coefficient (Wildman–Crippen LogP) is 3.56. The van der Waals surface area contributed by atoms with Gasteiger partial charge >= 0.3 is 0 Å². The van der Waals surface area contributed by atoms with Gasteiger partial charge in [-0.25, -0.2) is 8.78 Å². The normalized spacial score (nSPS) is 10.8. The molecule has 0 amide bonds. The summed E-state index contributed by atoms with van der Waals surface area (Å²) in [4.78, 5) is 7.54. The number of anilines is 1. The molecule has 1 aromatic carbocycles. The van der Waals surface area contributed by atoms with E-state index >= 15 is 0 Å². The first kappa shape index (κ1) is 13.4. The summed E-state index contributed by atoms with van der Waals surface area (Å²) in [6, 6.07) is 7.88. The van der Waals surface area contributed by atoms with Crippen LogP contribution in [0.4, 0.5) is 14.5 Å². The second-order valence-electron chi connectivity index (χ2n) is 4.67. The lowest BCUT2D eigenvalue weighted by Gasteiger charge is -2.10. The highest BCUT2D eigenvalue weighted by atomic mass is 19.1. The minimum atomic E-state index is -0.683. The largest absolute Gasteiger partial charge is 0.380 e. The highest BCUT2D eigenvalue weighted by molar-refractivity contribution is 5.84. The summed E-state index contributed by atoms with van der Waals surface area (Å²) in [5.41, 5.74) is 0.976. The lowest BCUT2D eigenvalue weighted by molar-refractivity contribution is 0.578. The van der Waals surface area contributed by atoms with E-state index in [1.807, 2.05) is 24.3 Å². The van der Waals surface area contributed by atoms with Crippen molar-refractivity contribution >= 4 is 16.5 Å². The molecular formula is C16H13F2N3. The van der Waals surface area contributed by atoms with Crippen molar-refractivity contribution in [3.8, 4) is 0 Å². The first-order chi connectivity index (χ1) is 10.3. The van der Waals surface area contributed by atoms with E-state index in [1.54, 1.807) is 12.4 Å². The van der Waals surface area contributed by atoms with Gasteiger partial charge in [0.1, 0.15) is 5.69 Å². The average Bonchev–Trinajstić information content (AvgIpc) is 2.50. The van der Waals surface area contributed by atoms with E-state index in [0.29, 0.717) is 13.0 Å². The van der Waals surface area contributed by atoms with Crippen LogP contribution in [-0.2, 0) is 6.42 Å². The third-order valence-corrected chi connectivity index (χ3v) is 3.32. The van der Waals surface area contributed by atoms with Crippen molar-refractivity contribution in [2.45, 2.75) is 6.42 Å². The Morgan fingerprint density at radius 2 is 1.76 bits per heavy atom. The fourth-order valence-electron chi connectivity index (χ4n) is 2.31. The fourth-order valence-corrected chi connectivity index (χ4v) is 2.31. The van der Waals surface area contributed by atoms with Crippen molar-refractivity contribution in [1.82, 2.24) is 9.97 Å². The first-order valence-corrected chi connectivity index (χ1v) is 6.60. The van der Waals surface area contributed by atoms with E-state index in [1.165, 1.54) is 0 Å². The second kappa shape index (κ2) is 5.83. The predicted molar refractivity (Wildman–Crippen MR) is 78.1 cm³/mol. The Hall–Kier alpha value is -2.56. The molecule has 0 aliphatic rings. The van der Waals surface area contributed by atoms with E-state index in [9.17, 15) is 8.78 Å². The van der Waals surface area contributed by atoms with E-state index in [4.69, 9.17) is 0 Å². The van der Waals surface area contributed by atoms with Crippen molar-refractivity contribution < 1.29 is 8.78 Å². The van der Waals surface area contributed by atoms with E-state index in [-0.39, 0.29) is 5.69 Å². The second-order valence-corrected chi connectivity index (χ2v) is 4.67. The Morgan fingerprint density at radius 3 is 2.57 bits per heavy atom. The molecule has 21 heavy (non-hydrogen) atoms. The molecule has 106 valence electrons. The van der Waals surface area contributed by atoms with E-state index in [2.05, 4.69) is 15.3 Å². The molecule has 0 radical (unpaired) electrons. The van der Waals surface area contributed by atoms with Crippen molar-refractivity contribution in [2.24, 2.45) is 0 Å². The number of hydrogen-bond donors (Lipinski definition) is 1. The van der Waals surface area contributed by atoms with Gasteiger partial charge in [0.05, 0.1) is 12.4 Å². The molecule has 5 heteroatoms. The molecule has 3 nitrogen and oxygen atoms in total. The van der Waals surface area contributed by atoms with Gasteiger partial charge in [-0.15, -0.1) is 0 Å². The van der Waals surface area contributed by atoms with E-state index in [0.717, 1.165) is 28.7 Å². The smallest absolute Gasteiger partial charge is 0.167 e. The van der Waals surface area contributed by atoms with Gasteiger partial charge in [-0.3, -0.25) is 9.97 Å². The van der Waals surface area contributed by atoms with Crippen LogP contribution in [0.1, 0.15) is 5.56 Å². The van der Waals surface area contributed by atoms with Crippen molar-refractivity contribution in [3.63, 3.8) is 0 Å². The minimum absolute atomic E-state index is 0.132. The SMILES string of the molecule is Fc1cncc(F)c1NCCc1cccc2cnccc12. The summed E-state index contributed by atoms with van der Waals surface area (Å²) in [6.45, 7) is 0.430.